The van der Waals surface area contributed by atoms with Crippen LogP contribution < -0.4 is 10.1 Å². The normalized spacial score (nSPS) is 34.7. The standard InChI is InChI=1S/C24H24N2O5/c1-26-10-9-23-16-7-8-24(30,25-15-4-2-3-14(11-15)21(28)29)22(23)31-20-18(27)6-5-13(19(20)23)12-17(16)26/h2-8,11,16-17,22,25,27,30H,9-10,12H2,1H3,(H,28,29)/t16-,17+,22+,23-,24-/m0/s1. The van der Waals surface area contributed by atoms with Gasteiger partial charge in [-0.05, 0) is 62.3 Å². The first kappa shape index (κ1) is 18.7. The summed E-state index contributed by atoms with van der Waals surface area (Å²) in [6, 6.07) is 10.3. The van der Waals surface area contributed by atoms with Crippen LogP contribution in [0.25, 0.3) is 0 Å². The molecule has 2 aromatic carbocycles. The first-order valence-corrected chi connectivity index (χ1v) is 10.6. The van der Waals surface area contributed by atoms with Gasteiger partial charge in [0.1, 0.15) is 0 Å². The number of anilines is 1. The number of aliphatic hydroxyl groups is 1. The van der Waals surface area contributed by atoms with Crippen LogP contribution in [0.5, 0.6) is 11.5 Å². The Bertz CT molecular complexity index is 1150. The molecule has 2 aromatic rings. The maximum Gasteiger partial charge on any atom is 0.335 e. The topological polar surface area (TPSA) is 102 Å². The number of benzene rings is 2. The average Bonchev–Trinajstić information content (AvgIpc) is 3.10. The van der Waals surface area contributed by atoms with Gasteiger partial charge in [-0.1, -0.05) is 18.2 Å². The minimum absolute atomic E-state index is 0.0916. The molecule has 2 aliphatic heterocycles. The molecular weight excluding hydrogens is 396 g/mol. The molecule has 0 aromatic heterocycles. The largest absolute Gasteiger partial charge is 0.504 e. The Kier molecular flexibility index (Phi) is 3.63. The van der Waals surface area contributed by atoms with E-state index >= 15 is 0 Å². The Labute approximate surface area is 179 Å². The lowest BCUT2D eigenvalue weighted by Gasteiger charge is -2.58. The number of carbonyl (C=O) groups is 1. The third kappa shape index (κ3) is 2.33. The molecule has 2 bridgehead atoms. The molecule has 7 heteroatoms. The van der Waals surface area contributed by atoms with E-state index < -0.39 is 23.2 Å². The van der Waals surface area contributed by atoms with Crippen LogP contribution in [0.1, 0.15) is 27.9 Å². The van der Waals surface area contributed by atoms with Crippen molar-refractivity contribution in [3.8, 4) is 11.5 Å². The van der Waals surface area contributed by atoms with Crippen molar-refractivity contribution in [2.45, 2.75) is 36.1 Å². The van der Waals surface area contributed by atoms with Gasteiger partial charge in [0.15, 0.2) is 23.3 Å². The smallest absolute Gasteiger partial charge is 0.335 e. The fourth-order valence-electron chi connectivity index (χ4n) is 6.37. The number of nitrogens with one attached hydrogen (secondary N) is 1. The van der Waals surface area contributed by atoms with Crippen molar-refractivity contribution < 1.29 is 24.9 Å². The highest BCUT2D eigenvalue weighted by atomic mass is 16.5. The number of piperidine rings is 1. The lowest BCUT2D eigenvalue weighted by Crippen LogP contribution is -2.69. The van der Waals surface area contributed by atoms with Gasteiger partial charge in [0, 0.05) is 23.2 Å². The molecule has 4 aliphatic rings. The molecule has 1 spiro atoms. The van der Waals surface area contributed by atoms with E-state index in [1.807, 2.05) is 6.07 Å². The second-order valence-corrected chi connectivity index (χ2v) is 9.21. The maximum absolute atomic E-state index is 11.8. The van der Waals surface area contributed by atoms with Gasteiger partial charge in [0.2, 0.25) is 0 Å². The Morgan fingerprint density at radius 2 is 2.13 bits per heavy atom. The maximum atomic E-state index is 11.8. The third-order valence-electron chi connectivity index (χ3n) is 7.69. The number of carboxylic acids is 1. The number of nitrogens with zero attached hydrogens (tertiary/aromatic N) is 1. The summed E-state index contributed by atoms with van der Waals surface area (Å²) in [5.74, 6) is -0.315. The minimum Gasteiger partial charge on any atom is -0.504 e. The molecule has 1 fully saturated rings. The zero-order valence-corrected chi connectivity index (χ0v) is 17.1. The molecular formula is C24H24N2O5. The van der Waals surface area contributed by atoms with Gasteiger partial charge >= 0.3 is 5.97 Å². The summed E-state index contributed by atoms with van der Waals surface area (Å²) in [5.41, 5.74) is 0.793. The molecule has 7 nitrogen and oxygen atoms in total. The molecule has 2 heterocycles. The van der Waals surface area contributed by atoms with E-state index in [-0.39, 0.29) is 17.2 Å². The number of hydrogen-bond acceptors (Lipinski definition) is 6. The number of rotatable bonds is 3. The monoisotopic (exact) mass is 420 g/mol. The second kappa shape index (κ2) is 6.02. The Hall–Kier alpha value is -3.03. The number of hydrogen-bond donors (Lipinski definition) is 4. The third-order valence-corrected chi connectivity index (χ3v) is 7.69. The highest BCUT2D eigenvalue weighted by molar-refractivity contribution is 5.88. The number of ether oxygens (including phenoxy) is 1. The average molecular weight is 420 g/mol. The first-order valence-electron chi connectivity index (χ1n) is 10.6. The van der Waals surface area contributed by atoms with Crippen molar-refractivity contribution in [3.63, 3.8) is 0 Å². The molecule has 6 rings (SSSR count). The summed E-state index contributed by atoms with van der Waals surface area (Å²) in [5, 5.41) is 34.9. The quantitative estimate of drug-likeness (QED) is 0.447. The molecule has 0 saturated carbocycles. The number of aromatic hydroxyl groups is 1. The predicted molar refractivity (Wildman–Crippen MR) is 114 cm³/mol. The summed E-state index contributed by atoms with van der Waals surface area (Å²) >= 11 is 0. The summed E-state index contributed by atoms with van der Waals surface area (Å²) in [6.07, 6.45) is 4.84. The highest BCUT2D eigenvalue weighted by Gasteiger charge is 2.68. The molecule has 0 amide bonds. The predicted octanol–water partition coefficient (Wildman–Crippen LogP) is 2.34. The van der Waals surface area contributed by atoms with Crippen molar-refractivity contribution in [2.75, 3.05) is 18.9 Å². The second-order valence-electron chi connectivity index (χ2n) is 9.21. The van der Waals surface area contributed by atoms with Crippen LogP contribution in [0.15, 0.2) is 48.6 Å². The fourth-order valence-corrected chi connectivity index (χ4v) is 6.37. The Balaban J connectivity index is 1.50. The van der Waals surface area contributed by atoms with E-state index in [0.29, 0.717) is 17.5 Å². The van der Waals surface area contributed by atoms with Crippen molar-refractivity contribution in [1.82, 2.24) is 4.90 Å². The summed E-state index contributed by atoms with van der Waals surface area (Å²) in [4.78, 5) is 13.8. The number of likely N-dealkylation sites (tertiary alicyclic amines) is 1. The molecule has 0 unspecified atom stereocenters. The Morgan fingerprint density at radius 3 is 2.94 bits per heavy atom. The highest BCUT2D eigenvalue weighted by Crippen LogP contribution is 2.63. The van der Waals surface area contributed by atoms with Crippen LogP contribution in [0, 0.1) is 5.92 Å². The van der Waals surface area contributed by atoms with Crippen LogP contribution in [-0.2, 0) is 11.8 Å². The van der Waals surface area contributed by atoms with E-state index in [9.17, 15) is 20.1 Å². The SMILES string of the molecule is CN1CC[C@]23c4c5ccc(O)c4O[C@H]2[C@](O)(Nc2cccc(C(=O)O)c2)C=C[C@H]3[C@H]1C5. The van der Waals surface area contributed by atoms with Gasteiger partial charge in [-0.3, -0.25) is 0 Å². The Morgan fingerprint density at radius 1 is 1.29 bits per heavy atom. The molecule has 160 valence electrons. The zero-order chi connectivity index (χ0) is 21.5. The lowest BCUT2D eigenvalue weighted by atomic mass is 9.52. The van der Waals surface area contributed by atoms with Crippen molar-refractivity contribution in [2.24, 2.45) is 5.92 Å². The van der Waals surface area contributed by atoms with Crippen LogP contribution in [0.4, 0.5) is 5.69 Å². The van der Waals surface area contributed by atoms with E-state index in [1.165, 1.54) is 12.1 Å². The number of phenols is 1. The first-order chi connectivity index (χ1) is 14.8. The van der Waals surface area contributed by atoms with Gasteiger partial charge in [0.25, 0.3) is 0 Å². The van der Waals surface area contributed by atoms with Gasteiger partial charge < -0.3 is 30.3 Å². The summed E-state index contributed by atoms with van der Waals surface area (Å²) in [6.45, 7) is 0.869. The summed E-state index contributed by atoms with van der Waals surface area (Å²) < 4.78 is 6.36. The number of carboxylic acid groups (broad SMARTS) is 1. The van der Waals surface area contributed by atoms with Crippen molar-refractivity contribution >= 4 is 11.7 Å². The van der Waals surface area contributed by atoms with Crippen LogP contribution in [0.3, 0.4) is 0 Å². The van der Waals surface area contributed by atoms with Crippen LogP contribution in [0.2, 0.25) is 0 Å². The minimum atomic E-state index is -1.56. The van der Waals surface area contributed by atoms with Crippen molar-refractivity contribution in [3.05, 3.63) is 65.2 Å². The van der Waals surface area contributed by atoms with E-state index in [0.717, 1.165) is 30.5 Å². The van der Waals surface area contributed by atoms with Crippen molar-refractivity contribution in [1.29, 1.82) is 0 Å². The molecule has 1 saturated heterocycles. The van der Waals surface area contributed by atoms with Gasteiger partial charge in [-0.25, -0.2) is 4.79 Å². The van der Waals surface area contributed by atoms with Gasteiger partial charge in [-0.15, -0.1) is 0 Å². The fraction of sp³-hybridized carbons (Fsp3) is 0.375. The van der Waals surface area contributed by atoms with Crippen LogP contribution >= 0.6 is 0 Å². The number of phenolic OH excluding ortho intramolecular Hbond substituents is 1. The van der Waals surface area contributed by atoms with E-state index in [1.54, 1.807) is 24.3 Å². The van der Waals surface area contributed by atoms with E-state index in [2.05, 4.69) is 23.3 Å². The molecule has 31 heavy (non-hydrogen) atoms. The summed E-state index contributed by atoms with van der Waals surface area (Å²) in [7, 11) is 2.14. The number of aromatic carboxylic acids is 1. The van der Waals surface area contributed by atoms with Crippen LogP contribution in [-0.4, -0.2) is 57.7 Å². The molecule has 0 radical (unpaired) electrons. The number of likely N-dealkylation sites (N-methyl/N-ethyl adjacent to an activating group) is 1. The van der Waals surface area contributed by atoms with Gasteiger partial charge in [0.05, 0.1) is 11.0 Å². The molecule has 5 atom stereocenters. The molecule has 4 N–H and O–H groups in total. The van der Waals surface area contributed by atoms with E-state index in [4.69, 9.17) is 4.74 Å². The van der Waals surface area contributed by atoms with Gasteiger partial charge in [-0.2, -0.15) is 0 Å². The zero-order valence-electron chi connectivity index (χ0n) is 17.1. The molecule has 2 aliphatic carbocycles. The lowest BCUT2D eigenvalue weighted by molar-refractivity contribution is -0.0847.